The first kappa shape index (κ1) is 16.0. The molecule has 24 heavy (non-hydrogen) atoms. The Hall–Kier alpha value is -2.86. The number of rotatable bonds is 5. The van der Waals surface area contributed by atoms with Crippen LogP contribution in [0.4, 0.5) is 10.5 Å². The van der Waals surface area contributed by atoms with Crippen LogP contribution in [0.5, 0.6) is 5.75 Å². The fourth-order valence-electron chi connectivity index (χ4n) is 2.27. The number of nitrogens with one attached hydrogen (secondary N) is 2. The summed E-state index contributed by atoms with van der Waals surface area (Å²) in [5.41, 5.74) is 3.74. The molecule has 0 saturated carbocycles. The number of hydrogen-bond donors (Lipinski definition) is 2. The Kier molecular flexibility index (Phi) is 5.08. The van der Waals surface area contributed by atoms with E-state index in [2.05, 4.69) is 21.0 Å². The second-order valence-corrected chi connectivity index (χ2v) is 5.88. The van der Waals surface area contributed by atoms with Crippen LogP contribution in [-0.2, 0) is 6.54 Å². The molecule has 0 fully saturated rings. The molecule has 0 atom stereocenters. The highest BCUT2D eigenvalue weighted by molar-refractivity contribution is 7.08. The van der Waals surface area contributed by atoms with E-state index in [0.717, 1.165) is 16.7 Å². The number of methoxy groups -OCH3 is 1. The molecule has 6 heteroatoms. The topological polar surface area (TPSA) is 63.2 Å². The molecule has 0 unspecified atom stereocenters. The van der Waals surface area contributed by atoms with Gasteiger partial charge in [0.2, 0.25) is 0 Å². The number of aromatic nitrogens is 1. The second-order valence-electron chi connectivity index (χ2n) is 5.10. The molecule has 3 aromatic rings. The van der Waals surface area contributed by atoms with Gasteiger partial charge in [0.1, 0.15) is 5.75 Å². The van der Waals surface area contributed by atoms with E-state index in [1.54, 1.807) is 36.8 Å². The normalized spacial score (nSPS) is 10.2. The summed E-state index contributed by atoms with van der Waals surface area (Å²) in [5, 5.41) is 9.71. The summed E-state index contributed by atoms with van der Waals surface area (Å²) in [7, 11) is 1.57. The zero-order chi connectivity index (χ0) is 16.8. The van der Waals surface area contributed by atoms with Crippen LogP contribution in [0.25, 0.3) is 11.1 Å². The molecule has 0 aliphatic rings. The average molecular weight is 339 g/mol. The van der Waals surface area contributed by atoms with Gasteiger partial charge in [-0.15, -0.1) is 0 Å². The molecule has 0 saturated heterocycles. The lowest BCUT2D eigenvalue weighted by atomic mass is 10.1. The molecular formula is C18H17N3O2S. The molecule has 3 rings (SSSR count). The van der Waals surface area contributed by atoms with Crippen LogP contribution in [0.1, 0.15) is 5.56 Å². The van der Waals surface area contributed by atoms with E-state index in [9.17, 15) is 4.79 Å². The van der Waals surface area contributed by atoms with Crippen molar-refractivity contribution in [2.45, 2.75) is 6.54 Å². The van der Waals surface area contributed by atoms with E-state index in [4.69, 9.17) is 4.74 Å². The predicted octanol–water partition coefficient (Wildman–Crippen LogP) is 4.14. The summed E-state index contributed by atoms with van der Waals surface area (Å²) in [4.78, 5) is 16.3. The van der Waals surface area contributed by atoms with Crippen LogP contribution < -0.4 is 15.4 Å². The molecule has 2 amide bonds. The lowest BCUT2D eigenvalue weighted by Crippen LogP contribution is -2.28. The third-order valence-corrected chi connectivity index (χ3v) is 4.14. The highest BCUT2D eigenvalue weighted by atomic mass is 32.1. The van der Waals surface area contributed by atoms with Crippen molar-refractivity contribution in [3.05, 3.63) is 65.1 Å². The largest absolute Gasteiger partial charge is 0.495 e. The van der Waals surface area contributed by atoms with E-state index in [1.807, 2.05) is 35.8 Å². The monoisotopic (exact) mass is 339 g/mol. The number of pyridine rings is 1. The number of ether oxygens (including phenoxy) is 1. The molecule has 0 radical (unpaired) electrons. The fraction of sp³-hybridized carbons (Fsp3) is 0.111. The first-order chi connectivity index (χ1) is 11.8. The number of hydrogen-bond acceptors (Lipinski definition) is 4. The van der Waals surface area contributed by atoms with Crippen molar-refractivity contribution in [2.75, 3.05) is 12.4 Å². The molecule has 0 spiro atoms. The van der Waals surface area contributed by atoms with Gasteiger partial charge in [-0.2, -0.15) is 11.3 Å². The number of urea groups is 1. The Balaban J connectivity index is 1.61. The van der Waals surface area contributed by atoms with Crippen LogP contribution in [0.15, 0.2) is 59.6 Å². The van der Waals surface area contributed by atoms with Gasteiger partial charge in [-0.25, -0.2) is 4.79 Å². The lowest BCUT2D eigenvalue weighted by molar-refractivity contribution is 0.251. The molecule has 0 aliphatic heterocycles. The maximum absolute atomic E-state index is 12.1. The van der Waals surface area contributed by atoms with Crippen molar-refractivity contribution in [1.29, 1.82) is 0 Å². The minimum atomic E-state index is -0.291. The van der Waals surface area contributed by atoms with Crippen molar-refractivity contribution in [3.8, 4) is 16.9 Å². The van der Waals surface area contributed by atoms with Gasteiger partial charge < -0.3 is 15.4 Å². The summed E-state index contributed by atoms with van der Waals surface area (Å²) in [5.74, 6) is 0.619. The smallest absolute Gasteiger partial charge is 0.319 e. The van der Waals surface area contributed by atoms with Crippen molar-refractivity contribution in [2.24, 2.45) is 0 Å². The van der Waals surface area contributed by atoms with Crippen molar-refractivity contribution < 1.29 is 9.53 Å². The molecular weight excluding hydrogens is 322 g/mol. The highest BCUT2D eigenvalue weighted by Crippen LogP contribution is 2.23. The molecule has 0 bridgehead atoms. The second kappa shape index (κ2) is 7.61. The summed E-state index contributed by atoms with van der Waals surface area (Å²) in [6.07, 6.45) is 3.57. The van der Waals surface area contributed by atoms with Crippen LogP contribution in [0, 0.1) is 0 Å². The van der Waals surface area contributed by atoms with Gasteiger partial charge in [-0.05, 0) is 46.2 Å². The van der Waals surface area contributed by atoms with Gasteiger partial charge in [0.05, 0.1) is 12.8 Å². The van der Waals surface area contributed by atoms with Gasteiger partial charge in [0, 0.05) is 24.5 Å². The SMILES string of the molecule is COc1ccccc1NC(=O)NCc1cncc(-c2ccsc2)c1. The van der Waals surface area contributed by atoms with Gasteiger partial charge in [0.15, 0.2) is 0 Å². The van der Waals surface area contributed by atoms with E-state index in [0.29, 0.717) is 18.0 Å². The molecule has 122 valence electrons. The number of carbonyl (C=O) groups is 1. The maximum Gasteiger partial charge on any atom is 0.319 e. The van der Waals surface area contributed by atoms with Crippen molar-refractivity contribution >= 4 is 23.1 Å². The fourth-order valence-corrected chi connectivity index (χ4v) is 2.93. The molecule has 2 N–H and O–H groups in total. The van der Waals surface area contributed by atoms with Crippen LogP contribution >= 0.6 is 11.3 Å². The zero-order valence-corrected chi connectivity index (χ0v) is 14.0. The molecule has 2 aromatic heterocycles. The number of para-hydroxylation sites is 2. The summed E-state index contributed by atoms with van der Waals surface area (Å²) >= 11 is 1.64. The minimum Gasteiger partial charge on any atom is -0.495 e. The minimum absolute atomic E-state index is 0.291. The van der Waals surface area contributed by atoms with Crippen LogP contribution in [0.2, 0.25) is 0 Å². The summed E-state index contributed by atoms with van der Waals surface area (Å²) in [6.45, 7) is 0.395. The summed E-state index contributed by atoms with van der Waals surface area (Å²) in [6, 6.07) is 11.1. The third kappa shape index (κ3) is 3.91. The number of thiophene rings is 1. The first-order valence-corrected chi connectivity index (χ1v) is 8.35. The quantitative estimate of drug-likeness (QED) is 0.734. The van der Waals surface area contributed by atoms with Crippen molar-refractivity contribution in [3.63, 3.8) is 0 Å². The number of carbonyl (C=O) groups excluding carboxylic acids is 1. The van der Waals surface area contributed by atoms with Gasteiger partial charge in [-0.1, -0.05) is 12.1 Å². The number of amides is 2. The Bertz CT molecular complexity index is 819. The third-order valence-electron chi connectivity index (χ3n) is 3.46. The van der Waals surface area contributed by atoms with Crippen LogP contribution in [-0.4, -0.2) is 18.1 Å². The van der Waals surface area contributed by atoms with E-state index in [-0.39, 0.29) is 6.03 Å². The Morgan fingerprint density at radius 2 is 2.08 bits per heavy atom. The van der Waals surface area contributed by atoms with E-state index in [1.165, 1.54) is 0 Å². The average Bonchev–Trinajstić information content (AvgIpc) is 3.15. The Morgan fingerprint density at radius 1 is 1.21 bits per heavy atom. The molecule has 1 aromatic carbocycles. The standard InChI is InChI=1S/C18H17N3O2S/c1-23-17-5-3-2-4-16(17)21-18(22)20-10-13-8-15(11-19-9-13)14-6-7-24-12-14/h2-9,11-12H,10H2,1H3,(H2,20,21,22). The summed E-state index contributed by atoms with van der Waals surface area (Å²) < 4.78 is 5.21. The predicted molar refractivity (Wildman–Crippen MR) is 96.4 cm³/mol. The van der Waals surface area contributed by atoms with Crippen LogP contribution in [0.3, 0.4) is 0 Å². The van der Waals surface area contributed by atoms with Gasteiger partial charge >= 0.3 is 6.03 Å². The van der Waals surface area contributed by atoms with E-state index >= 15 is 0 Å². The maximum atomic E-state index is 12.1. The lowest BCUT2D eigenvalue weighted by Gasteiger charge is -2.11. The van der Waals surface area contributed by atoms with E-state index < -0.39 is 0 Å². The molecule has 5 nitrogen and oxygen atoms in total. The number of nitrogens with zero attached hydrogens (tertiary/aromatic N) is 1. The highest BCUT2D eigenvalue weighted by Gasteiger charge is 2.07. The number of benzene rings is 1. The van der Waals surface area contributed by atoms with Gasteiger partial charge in [-0.3, -0.25) is 4.98 Å². The van der Waals surface area contributed by atoms with Gasteiger partial charge in [0.25, 0.3) is 0 Å². The Labute approximate surface area is 144 Å². The van der Waals surface area contributed by atoms with Crippen molar-refractivity contribution in [1.82, 2.24) is 10.3 Å². The molecule has 0 aliphatic carbocycles. The zero-order valence-electron chi connectivity index (χ0n) is 13.2. The molecule has 2 heterocycles. The first-order valence-electron chi connectivity index (χ1n) is 7.40. The number of anilines is 1. The Morgan fingerprint density at radius 3 is 2.88 bits per heavy atom.